The van der Waals surface area contributed by atoms with Gasteiger partial charge in [-0.25, -0.2) is 4.68 Å². The van der Waals surface area contributed by atoms with Gasteiger partial charge in [0.25, 0.3) is 0 Å². The number of aromatic amines is 1. The number of hydrogen-bond donors (Lipinski definition) is 2. The molecule has 172 valence electrons. The standard InChI is InChI=1S/C16H15Cl2N3O2.C6H6N2O2/c1-19-16-9-5-4-8(6-10(9)20-21-16)13-14(17)11(22-2)7-12(23-3)15(13)18;9-4-5-3-7-8-1-2-10-6(5)8/h4-7H,1-3H3,(H2,19,20,21);3-4H,1-2H2. The molecule has 1 aliphatic rings. The van der Waals surface area contributed by atoms with E-state index in [4.69, 9.17) is 37.4 Å². The minimum Gasteiger partial charge on any atom is -0.495 e. The van der Waals surface area contributed by atoms with Crippen LogP contribution >= 0.6 is 23.2 Å². The predicted octanol–water partition coefficient (Wildman–Crippen LogP) is 4.68. The fourth-order valence-corrected chi connectivity index (χ4v) is 4.24. The zero-order valence-corrected chi connectivity index (χ0v) is 19.6. The summed E-state index contributed by atoms with van der Waals surface area (Å²) in [5.41, 5.74) is 2.92. The van der Waals surface area contributed by atoms with Crippen molar-refractivity contribution in [3.05, 3.63) is 46.1 Å². The molecule has 2 aromatic carbocycles. The maximum Gasteiger partial charge on any atom is 0.222 e. The van der Waals surface area contributed by atoms with Gasteiger partial charge in [-0.05, 0) is 17.7 Å². The van der Waals surface area contributed by atoms with Gasteiger partial charge in [0.15, 0.2) is 12.1 Å². The highest BCUT2D eigenvalue weighted by atomic mass is 35.5. The van der Waals surface area contributed by atoms with Crippen LogP contribution in [0.4, 0.5) is 5.82 Å². The number of carbonyl (C=O) groups excluding carboxylic acids is 1. The van der Waals surface area contributed by atoms with Crippen molar-refractivity contribution in [1.82, 2.24) is 20.0 Å². The van der Waals surface area contributed by atoms with Crippen LogP contribution < -0.4 is 19.5 Å². The first-order valence-corrected chi connectivity index (χ1v) is 10.7. The van der Waals surface area contributed by atoms with Crippen LogP contribution in [0.15, 0.2) is 30.5 Å². The van der Waals surface area contributed by atoms with Crippen molar-refractivity contribution in [2.45, 2.75) is 6.54 Å². The summed E-state index contributed by atoms with van der Waals surface area (Å²) in [4.78, 5) is 10.3. The number of aromatic nitrogens is 4. The van der Waals surface area contributed by atoms with E-state index in [1.54, 1.807) is 25.0 Å². The van der Waals surface area contributed by atoms with E-state index in [-0.39, 0.29) is 0 Å². The van der Waals surface area contributed by atoms with Gasteiger partial charge in [0.1, 0.15) is 18.1 Å². The molecule has 0 amide bonds. The normalized spacial score (nSPS) is 11.9. The summed E-state index contributed by atoms with van der Waals surface area (Å²) in [5, 5.41) is 16.0. The average Bonchev–Trinajstić information content (AvgIpc) is 3.55. The van der Waals surface area contributed by atoms with E-state index in [0.717, 1.165) is 35.1 Å². The number of H-pyrrole nitrogens is 1. The first-order valence-electron chi connectivity index (χ1n) is 9.92. The van der Waals surface area contributed by atoms with Gasteiger partial charge in [-0.1, -0.05) is 29.3 Å². The van der Waals surface area contributed by atoms with Crippen LogP contribution in [-0.4, -0.2) is 54.1 Å². The van der Waals surface area contributed by atoms with Crippen LogP contribution in [0.25, 0.3) is 22.0 Å². The topological polar surface area (TPSA) is 103 Å². The van der Waals surface area contributed by atoms with Crippen LogP contribution in [-0.2, 0) is 6.54 Å². The number of hydrogen-bond acceptors (Lipinski definition) is 7. The van der Waals surface area contributed by atoms with Gasteiger partial charge in [-0.2, -0.15) is 10.2 Å². The summed E-state index contributed by atoms with van der Waals surface area (Å²) in [6.07, 6.45) is 2.27. The lowest BCUT2D eigenvalue weighted by Crippen LogP contribution is -1.93. The van der Waals surface area contributed by atoms with E-state index in [2.05, 4.69) is 20.6 Å². The molecule has 0 spiro atoms. The predicted molar refractivity (Wildman–Crippen MR) is 127 cm³/mol. The third kappa shape index (κ3) is 4.17. The van der Waals surface area contributed by atoms with E-state index in [0.29, 0.717) is 45.2 Å². The lowest BCUT2D eigenvalue weighted by atomic mass is 10.0. The zero-order valence-electron chi connectivity index (χ0n) is 18.1. The average molecular weight is 490 g/mol. The Kier molecular flexibility index (Phi) is 6.62. The number of nitrogens with zero attached hydrogens (tertiary/aromatic N) is 3. The highest BCUT2D eigenvalue weighted by Crippen LogP contribution is 2.46. The first kappa shape index (κ1) is 22.8. The number of ether oxygens (including phenoxy) is 3. The molecule has 33 heavy (non-hydrogen) atoms. The molecule has 0 atom stereocenters. The van der Waals surface area contributed by atoms with Crippen molar-refractivity contribution < 1.29 is 19.0 Å². The highest BCUT2D eigenvalue weighted by Gasteiger charge is 2.19. The molecule has 4 aromatic rings. The Morgan fingerprint density at radius 1 is 1.18 bits per heavy atom. The summed E-state index contributed by atoms with van der Waals surface area (Å²) in [6, 6.07) is 7.50. The molecule has 0 aliphatic carbocycles. The number of halogens is 2. The van der Waals surface area contributed by atoms with Gasteiger partial charge in [0.05, 0.1) is 48.1 Å². The minimum atomic E-state index is 0.436. The van der Waals surface area contributed by atoms with Crippen LogP contribution in [0.2, 0.25) is 10.0 Å². The van der Waals surface area contributed by atoms with Gasteiger partial charge in [0, 0.05) is 24.1 Å². The fourth-order valence-electron chi connectivity index (χ4n) is 3.52. The largest absolute Gasteiger partial charge is 0.495 e. The second-order valence-corrected chi connectivity index (χ2v) is 7.72. The summed E-state index contributed by atoms with van der Waals surface area (Å²) in [6.45, 7) is 1.38. The molecule has 0 unspecified atom stereocenters. The molecular weight excluding hydrogens is 469 g/mol. The summed E-state index contributed by atoms with van der Waals surface area (Å²) >= 11 is 12.9. The van der Waals surface area contributed by atoms with Crippen LogP contribution in [0.3, 0.4) is 0 Å². The Morgan fingerprint density at radius 3 is 2.55 bits per heavy atom. The number of aldehydes is 1. The van der Waals surface area contributed by atoms with E-state index in [1.165, 1.54) is 6.20 Å². The SMILES string of the molecule is CNc1n[nH]c2cc(-c3c(Cl)c(OC)cc(OC)c3Cl)ccc12.O=Cc1cnn2c1OCC2. The Balaban J connectivity index is 0.000000214. The third-order valence-corrected chi connectivity index (χ3v) is 5.90. The van der Waals surface area contributed by atoms with Gasteiger partial charge in [-0.3, -0.25) is 9.89 Å². The fraction of sp³-hybridized carbons (Fsp3) is 0.227. The molecule has 2 N–H and O–H groups in total. The Bertz CT molecular complexity index is 1290. The summed E-state index contributed by atoms with van der Waals surface area (Å²) < 4.78 is 17.4. The van der Waals surface area contributed by atoms with Crippen molar-refractivity contribution in [2.24, 2.45) is 0 Å². The van der Waals surface area contributed by atoms with Crippen molar-refractivity contribution in [3.8, 4) is 28.5 Å². The summed E-state index contributed by atoms with van der Waals surface area (Å²) in [5.74, 6) is 2.40. The molecule has 11 heteroatoms. The molecular formula is C22H21Cl2N5O4. The molecule has 0 bridgehead atoms. The van der Waals surface area contributed by atoms with Crippen LogP contribution in [0, 0.1) is 0 Å². The molecule has 9 nitrogen and oxygen atoms in total. The van der Waals surface area contributed by atoms with Crippen LogP contribution in [0.1, 0.15) is 10.4 Å². The lowest BCUT2D eigenvalue weighted by molar-refractivity contribution is 0.112. The first-order chi connectivity index (χ1) is 16.0. The van der Waals surface area contributed by atoms with Crippen molar-refractivity contribution >= 4 is 46.2 Å². The number of methoxy groups -OCH3 is 2. The number of carbonyl (C=O) groups is 1. The van der Waals surface area contributed by atoms with Gasteiger partial charge >= 0.3 is 0 Å². The second-order valence-electron chi connectivity index (χ2n) is 6.96. The molecule has 0 radical (unpaired) electrons. The lowest BCUT2D eigenvalue weighted by Gasteiger charge is -2.14. The molecule has 1 aliphatic heterocycles. The zero-order chi connectivity index (χ0) is 23.5. The number of fused-ring (bicyclic) bond motifs is 2. The highest BCUT2D eigenvalue weighted by molar-refractivity contribution is 6.41. The number of rotatable bonds is 5. The summed E-state index contributed by atoms with van der Waals surface area (Å²) in [7, 11) is 4.93. The third-order valence-electron chi connectivity index (χ3n) is 5.15. The van der Waals surface area contributed by atoms with Gasteiger partial charge in [-0.15, -0.1) is 0 Å². The van der Waals surface area contributed by atoms with E-state index < -0.39 is 0 Å². The van der Waals surface area contributed by atoms with E-state index in [9.17, 15) is 4.79 Å². The second kappa shape index (κ2) is 9.60. The molecule has 0 fully saturated rings. The van der Waals surface area contributed by atoms with Gasteiger partial charge < -0.3 is 19.5 Å². The Hall–Kier alpha value is -3.43. The van der Waals surface area contributed by atoms with Crippen molar-refractivity contribution in [1.29, 1.82) is 0 Å². The quantitative estimate of drug-likeness (QED) is 0.392. The number of anilines is 1. The van der Waals surface area contributed by atoms with Crippen LogP contribution in [0.5, 0.6) is 17.4 Å². The van der Waals surface area contributed by atoms with Crippen molar-refractivity contribution in [2.75, 3.05) is 33.2 Å². The number of nitrogens with one attached hydrogen (secondary N) is 2. The molecule has 2 aromatic heterocycles. The number of benzene rings is 2. The minimum absolute atomic E-state index is 0.436. The maximum absolute atomic E-state index is 10.3. The molecule has 3 heterocycles. The molecule has 0 saturated carbocycles. The molecule has 0 saturated heterocycles. The molecule has 5 rings (SSSR count). The van der Waals surface area contributed by atoms with Gasteiger partial charge in [0.2, 0.25) is 5.88 Å². The van der Waals surface area contributed by atoms with Crippen molar-refractivity contribution in [3.63, 3.8) is 0 Å². The Morgan fingerprint density at radius 2 is 1.91 bits per heavy atom. The monoisotopic (exact) mass is 489 g/mol. The maximum atomic E-state index is 10.3. The van der Waals surface area contributed by atoms with E-state index in [1.807, 2.05) is 25.2 Å². The smallest absolute Gasteiger partial charge is 0.222 e. The Labute approximate surface area is 199 Å². The van der Waals surface area contributed by atoms with E-state index >= 15 is 0 Å².